The number of hydrogen-bond donors (Lipinski definition) is 1. The molecule has 30 heavy (non-hydrogen) atoms. The van der Waals surface area contributed by atoms with Gasteiger partial charge in [-0.15, -0.1) is 0 Å². The summed E-state index contributed by atoms with van der Waals surface area (Å²) in [6.07, 6.45) is 6.80. The van der Waals surface area contributed by atoms with Crippen LogP contribution in [-0.2, 0) is 0 Å². The van der Waals surface area contributed by atoms with Gasteiger partial charge in [-0.2, -0.15) is 5.10 Å². The molecule has 1 aromatic carbocycles. The van der Waals surface area contributed by atoms with Gasteiger partial charge in [-0.1, -0.05) is 6.07 Å². The summed E-state index contributed by atoms with van der Waals surface area (Å²) in [4.78, 5) is 23.6. The predicted octanol–water partition coefficient (Wildman–Crippen LogP) is 1.88. The Morgan fingerprint density at radius 1 is 1.23 bits per heavy atom. The average molecular weight is 405 g/mol. The summed E-state index contributed by atoms with van der Waals surface area (Å²) in [6, 6.07) is 9.46. The smallest absolute Gasteiger partial charge is 0.272 e. The SMILES string of the molecule is COc1cccc(-n2nccc2-c2nc(C(=O)NCCN(C)C)c3cnccn23)c1. The first-order valence-corrected chi connectivity index (χ1v) is 9.52. The molecule has 4 aromatic rings. The third-order valence-electron chi connectivity index (χ3n) is 4.68. The number of nitrogens with one attached hydrogen (secondary N) is 1. The Kier molecular flexibility index (Phi) is 5.44. The zero-order valence-electron chi connectivity index (χ0n) is 17.1. The number of carbonyl (C=O) groups excluding carboxylic acids is 1. The Labute approximate surface area is 173 Å². The molecule has 0 bridgehead atoms. The lowest BCUT2D eigenvalue weighted by Gasteiger charge is -2.09. The number of likely N-dealkylation sites (N-methyl/N-ethyl adjacent to an activating group) is 1. The molecule has 0 aliphatic carbocycles. The standard InChI is InChI=1S/C21H23N7O2/c1-26(2)11-10-23-21(29)19-18-14-22-9-12-27(18)20(25-19)17-7-8-24-28(17)15-5-4-6-16(13-15)30-3/h4-9,12-14H,10-11H2,1-3H3,(H,23,29). The van der Waals surface area contributed by atoms with Crippen molar-refractivity contribution in [3.8, 4) is 23.0 Å². The summed E-state index contributed by atoms with van der Waals surface area (Å²) >= 11 is 0. The third kappa shape index (κ3) is 3.74. The fourth-order valence-corrected chi connectivity index (χ4v) is 3.18. The zero-order valence-corrected chi connectivity index (χ0v) is 17.1. The molecule has 3 heterocycles. The summed E-state index contributed by atoms with van der Waals surface area (Å²) in [5.41, 5.74) is 2.54. The highest BCUT2D eigenvalue weighted by atomic mass is 16.5. The van der Waals surface area contributed by atoms with Crippen LogP contribution in [0.5, 0.6) is 5.75 Å². The van der Waals surface area contributed by atoms with Crippen molar-refractivity contribution in [2.24, 2.45) is 0 Å². The minimum absolute atomic E-state index is 0.235. The second kappa shape index (κ2) is 8.34. The van der Waals surface area contributed by atoms with Crippen molar-refractivity contribution in [3.63, 3.8) is 0 Å². The van der Waals surface area contributed by atoms with Gasteiger partial charge in [-0.25, -0.2) is 9.67 Å². The highest BCUT2D eigenvalue weighted by Crippen LogP contribution is 2.26. The van der Waals surface area contributed by atoms with Crippen molar-refractivity contribution in [2.75, 3.05) is 34.3 Å². The van der Waals surface area contributed by atoms with Crippen LogP contribution in [0.4, 0.5) is 0 Å². The topological polar surface area (TPSA) is 89.6 Å². The average Bonchev–Trinajstić information content (AvgIpc) is 3.38. The summed E-state index contributed by atoms with van der Waals surface area (Å²) in [5, 5.41) is 7.37. The molecule has 1 N–H and O–H groups in total. The van der Waals surface area contributed by atoms with E-state index in [1.165, 1.54) is 0 Å². The number of aromatic nitrogens is 5. The van der Waals surface area contributed by atoms with Crippen LogP contribution in [-0.4, -0.2) is 69.3 Å². The number of fused-ring (bicyclic) bond motifs is 1. The number of amides is 1. The first-order valence-electron chi connectivity index (χ1n) is 9.52. The molecule has 0 fully saturated rings. The van der Waals surface area contributed by atoms with E-state index in [0.717, 1.165) is 23.7 Å². The van der Waals surface area contributed by atoms with Crippen molar-refractivity contribution in [2.45, 2.75) is 0 Å². The van der Waals surface area contributed by atoms with Crippen LogP contribution >= 0.6 is 0 Å². The van der Waals surface area contributed by atoms with E-state index in [0.29, 0.717) is 23.6 Å². The van der Waals surface area contributed by atoms with E-state index in [2.05, 4.69) is 20.4 Å². The molecule has 0 saturated carbocycles. The molecule has 0 atom stereocenters. The van der Waals surface area contributed by atoms with Crippen molar-refractivity contribution in [3.05, 3.63) is 60.8 Å². The van der Waals surface area contributed by atoms with Crippen LogP contribution in [0.25, 0.3) is 22.7 Å². The monoisotopic (exact) mass is 405 g/mol. The Balaban J connectivity index is 1.76. The number of nitrogens with zero attached hydrogens (tertiary/aromatic N) is 6. The molecule has 9 nitrogen and oxygen atoms in total. The zero-order chi connectivity index (χ0) is 21.1. The van der Waals surface area contributed by atoms with Gasteiger partial charge < -0.3 is 15.0 Å². The van der Waals surface area contributed by atoms with E-state index in [9.17, 15) is 4.79 Å². The Morgan fingerprint density at radius 3 is 2.90 bits per heavy atom. The summed E-state index contributed by atoms with van der Waals surface area (Å²) in [6.45, 7) is 1.27. The Hall–Kier alpha value is -3.72. The van der Waals surface area contributed by atoms with Crippen molar-refractivity contribution in [1.82, 2.24) is 34.4 Å². The molecular weight excluding hydrogens is 382 g/mol. The number of rotatable bonds is 7. The molecule has 0 radical (unpaired) electrons. The quantitative estimate of drug-likeness (QED) is 0.505. The maximum absolute atomic E-state index is 12.8. The van der Waals surface area contributed by atoms with Crippen LogP contribution in [0.15, 0.2) is 55.1 Å². The van der Waals surface area contributed by atoms with Gasteiger partial charge in [0.2, 0.25) is 0 Å². The first kappa shape index (κ1) is 19.6. The number of ether oxygens (including phenoxy) is 1. The number of methoxy groups -OCH3 is 1. The molecule has 4 rings (SSSR count). The molecule has 0 unspecified atom stereocenters. The van der Waals surface area contributed by atoms with Gasteiger partial charge in [0.05, 0.1) is 30.7 Å². The van der Waals surface area contributed by atoms with Gasteiger partial charge in [-0.3, -0.25) is 14.2 Å². The second-order valence-corrected chi connectivity index (χ2v) is 7.00. The van der Waals surface area contributed by atoms with Gasteiger partial charge in [0.1, 0.15) is 11.4 Å². The fraction of sp³-hybridized carbons (Fsp3) is 0.238. The highest BCUT2D eigenvalue weighted by molar-refractivity contribution is 5.99. The van der Waals surface area contributed by atoms with Crippen molar-refractivity contribution < 1.29 is 9.53 Å². The number of benzene rings is 1. The molecule has 154 valence electrons. The molecule has 0 aliphatic rings. The Bertz CT molecular complexity index is 1180. The maximum atomic E-state index is 12.8. The van der Waals surface area contributed by atoms with Crippen LogP contribution < -0.4 is 10.1 Å². The lowest BCUT2D eigenvalue weighted by atomic mass is 10.3. The van der Waals surface area contributed by atoms with Gasteiger partial charge >= 0.3 is 0 Å². The summed E-state index contributed by atoms with van der Waals surface area (Å²) in [5.74, 6) is 1.10. The minimum Gasteiger partial charge on any atom is -0.497 e. The number of imidazole rings is 1. The van der Waals surface area contributed by atoms with Crippen molar-refractivity contribution >= 4 is 11.4 Å². The predicted molar refractivity (Wildman–Crippen MR) is 113 cm³/mol. The van der Waals surface area contributed by atoms with Crippen LogP contribution in [0, 0.1) is 0 Å². The van der Waals surface area contributed by atoms with Gasteiger partial charge in [0, 0.05) is 31.5 Å². The normalized spacial score (nSPS) is 11.2. The van der Waals surface area contributed by atoms with Crippen molar-refractivity contribution in [1.29, 1.82) is 0 Å². The van der Waals surface area contributed by atoms with E-state index in [-0.39, 0.29) is 5.91 Å². The fourth-order valence-electron chi connectivity index (χ4n) is 3.18. The van der Waals surface area contributed by atoms with Crippen LogP contribution in [0.3, 0.4) is 0 Å². The van der Waals surface area contributed by atoms with E-state index in [1.807, 2.05) is 53.7 Å². The minimum atomic E-state index is -0.235. The maximum Gasteiger partial charge on any atom is 0.272 e. The third-order valence-corrected chi connectivity index (χ3v) is 4.68. The number of hydrogen-bond acceptors (Lipinski definition) is 6. The van der Waals surface area contributed by atoms with E-state index < -0.39 is 0 Å². The first-order chi connectivity index (χ1) is 14.6. The highest BCUT2D eigenvalue weighted by Gasteiger charge is 2.21. The number of carbonyl (C=O) groups is 1. The van der Waals surface area contributed by atoms with Gasteiger partial charge in [0.15, 0.2) is 11.5 Å². The molecular formula is C21H23N7O2. The molecule has 0 aliphatic heterocycles. The molecule has 0 spiro atoms. The lowest BCUT2D eigenvalue weighted by Crippen LogP contribution is -2.31. The Morgan fingerprint density at radius 2 is 2.10 bits per heavy atom. The van der Waals surface area contributed by atoms with E-state index in [4.69, 9.17) is 4.74 Å². The van der Waals surface area contributed by atoms with Gasteiger partial charge in [-0.05, 0) is 32.3 Å². The largest absolute Gasteiger partial charge is 0.497 e. The molecule has 3 aromatic heterocycles. The van der Waals surface area contributed by atoms with Crippen LogP contribution in [0.2, 0.25) is 0 Å². The molecule has 0 saturated heterocycles. The van der Waals surface area contributed by atoms with E-state index >= 15 is 0 Å². The molecule has 9 heteroatoms. The van der Waals surface area contributed by atoms with Gasteiger partial charge in [0.25, 0.3) is 5.91 Å². The lowest BCUT2D eigenvalue weighted by molar-refractivity contribution is 0.0948. The summed E-state index contributed by atoms with van der Waals surface area (Å²) in [7, 11) is 5.54. The van der Waals surface area contributed by atoms with Crippen LogP contribution in [0.1, 0.15) is 10.5 Å². The molecule has 1 amide bonds. The second-order valence-electron chi connectivity index (χ2n) is 7.00. The van der Waals surface area contributed by atoms with E-state index in [1.54, 1.807) is 36.6 Å². The summed E-state index contributed by atoms with van der Waals surface area (Å²) < 4.78 is 8.95.